The Bertz CT molecular complexity index is 1680. The number of rotatable bonds is 3. The summed E-state index contributed by atoms with van der Waals surface area (Å²) in [5.41, 5.74) is -0.174. The first-order valence-electron chi connectivity index (χ1n) is 12.1. The van der Waals surface area contributed by atoms with E-state index in [2.05, 4.69) is 42.6 Å². The van der Waals surface area contributed by atoms with Gasteiger partial charge in [-0.3, -0.25) is 9.59 Å². The Labute approximate surface area is 225 Å². The third-order valence-electron chi connectivity index (χ3n) is 6.26. The maximum absolute atomic E-state index is 13.9. The molecule has 3 N–H and O–H groups in total. The Hall–Kier alpha value is -4.83. The normalized spacial score (nSPS) is 13.6. The summed E-state index contributed by atoms with van der Waals surface area (Å²) in [5, 5.41) is 11.3. The van der Waals surface area contributed by atoms with Crippen LogP contribution in [0.4, 0.5) is 23.2 Å². The van der Waals surface area contributed by atoms with Crippen molar-refractivity contribution < 1.29 is 27.2 Å². The Morgan fingerprint density at radius 3 is 2.60 bits per heavy atom. The van der Waals surface area contributed by atoms with Gasteiger partial charge >= 0.3 is 6.18 Å². The standard InChI is InChI=1S/C27H21F4N7O2/c1-15-2-3-17(12-16(15)4-5-19-14-33-24-22(34-19)23(28)36-37-24)25(39)35-18-6-7-20(21(13-18)27(29,30)31)26(40)38-10-8-32-9-11-38/h2-3,6-7,12-14,32H,8-11H2,1H3,(H,35,39)(H,33,36,37). The van der Waals surface area contributed by atoms with Crippen LogP contribution in [0.1, 0.15) is 43.1 Å². The van der Waals surface area contributed by atoms with Crippen molar-refractivity contribution in [2.45, 2.75) is 13.1 Å². The fourth-order valence-electron chi connectivity index (χ4n) is 4.14. The van der Waals surface area contributed by atoms with Gasteiger partial charge < -0.3 is 15.5 Å². The molecule has 0 saturated carbocycles. The highest BCUT2D eigenvalue weighted by molar-refractivity contribution is 6.05. The van der Waals surface area contributed by atoms with Gasteiger partial charge in [0.15, 0.2) is 5.52 Å². The molecule has 1 aliphatic heterocycles. The number of halogens is 4. The zero-order valence-corrected chi connectivity index (χ0v) is 21.0. The molecule has 2 amide bonds. The molecule has 40 heavy (non-hydrogen) atoms. The van der Waals surface area contributed by atoms with E-state index >= 15 is 0 Å². The van der Waals surface area contributed by atoms with Crippen molar-refractivity contribution in [3.8, 4) is 11.8 Å². The number of nitrogens with zero attached hydrogens (tertiary/aromatic N) is 4. The monoisotopic (exact) mass is 551 g/mol. The number of benzene rings is 2. The van der Waals surface area contributed by atoms with Crippen molar-refractivity contribution in [2.75, 3.05) is 31.5 Å². The maximum Gasteiger partial charge on any atom is 0.417 e. The topological polar surface area (TPSA) is 116 Å². The maximum atomic E-state index is 13.9. The third kappa shape index (κ3) is 5.62. The number of alkyl halides is 3. The van der Waals surface area contributed by atoms with E-state index < -0.39 is 35.1 Å². The number of aryl methyl sites for hydroxylation is 1. The minimum atomic E-state index is -4.81. The van der Waals surface area contributed by atoms with Gasteiger partial charge in [0.25, 0.3) is 11.8 Å². The summed E-state index contributed by atoms with van der Waals surface area (Å²) >= 11 is 0. The molecule has 4 aromatic rings. The van der Waals surface area contributed by atoms with Gasteiger partial charge in [-0.05, 0) is 48.7 Å². The molecule has 5 rings (SSSR count). The minimum absolute atomic E-state index is 0.0597. The molecule has 1 fully saturated rings. The van der Waals surface area contributed by atoms with Gasteiger partial charge in [-0.25, -0.2) is 15.1 Å². The third-order valence-corrected chi connectivity index (χ3v) is 6.26. The number of piperazine rings is 1. The van der Waals surface area contributed by atoms with Crippen molar-refractivity contribution in [1.29, 1.82) is 0 Å². The summed E-state index contributed by atoms with van der Waals surface area (Å²) in [5.74, 6) is 3.51. The molecule has 2 aromatic heterocycles. The lowest BCUT2D eigenvalue weighted by Gasteiger charge is -2.28. The second-order valence-electron chi connectivity index (χ2n) is 9.00. The predicted octanol–water partition coefficient (Wildman–Crippen LogP) is 3.52. The number of aromatic nitrogens is 4. The average Bonchev–Trinajstić information content (AvgIpc) is 3.32. The summed E-state index contributed by atoms with van der Waals surface area (Å²) in [4.78, 5) is 35.1. The molecule has 1 aliphatic rings. The highest BCUT2D eigenvalue weighted by atomic mass is 19.4. The van der Waals surface area contributed by atoms with Crippen molar-refractivity contribution in [2.24, 2.45) is 0 Å². The Kier molecular flexibility index (Phi) is 7.19. The number of anilines is 1. The summed E-state index contributed by atoms with van der Waals surface area (Å²) < 4.78 is 55.4. The van der Waals surface area contributed by atoms with Crippen LogP contribution in [-0.2, 0) is 6.18 Å². The molecule has 0 unspecified atom stereocenters. The molecule has 204 valence electrons. The number of carbonyl (C=O) groups excluding carboxylic acids is 2. The van der Waals surface area contributed by atoms with E-state index in [1.807, 2.05) is 0 Å². The Morgan fingerprint density at radius 1 is 1.07 bits per heavy atom. The van der Waals surface area contributed by atoms with Gasteiger partial charge in [-0.15, -0.1) is 0 Å². The van der Waals surface area contributed by atoms with Crippen LogP contribution in [0.5, 0.6) is 0 Å². The average molecular weight is 552 g/mol. The van der Waals surface area contributed by atoms with Crippen LogP contribution >= 0.6 is 0 Å². The smallest absolute Gasteiger partial charge is 0.336 e. The predicted molar refractivity (Wildman–Crippen MR) is 137 cm³/mol. The highest BCUT2D eigenvalue weighted by Gasteiger charge is 2.37. The number of hydrogen-bond donors (Lipinski definition) is 3. The van der Waals surface area contributed by atoms with Crippen LogP contribution in [0, 0.1) is 24.7 Å². The van der Waals surface area contributed by atoms with E-state index in [9.17, 15) is 27.2 Å². The molecule has 3 heterocycles. The molecule has 0 aliphatic carbocycles. The van der Waals surface area contributed by atoms with E-state index in [4.69, 9.17) is 0 Å². The zero-order chi connectivity index (χ0) is 28.4. The van der Waals surface area contributed by atoms with E-state index in [1.54, 1.807) is 13.0 Å². The van der Waals surface area contributed by atoms with Crippen LogP contribution < -0.4 is 10.6 Å². The highest BCUT2D eigenvalue weighted by Crippen LogP contribution is 2.34. The number of carbonyl (C=O) groups is 2. The van der Waals surface area contributed by atoms with Crippen molar-refractivity contribution >= 4 is 28.7 Å². The molecule has 9 nitrogen and oxygen atoms in total. The van der Waals surface area contributed by atoms with E-state index in [1.165, 1.54) is 29.3 Å². The van der Waals surface area contributed by atoms with E-state index in [0.717, 1.165) is 17.7 Å². The van der Waals surface area contributed by atoms with Gasteiger partial charge in [-0.1, -0.05) is 12.0 Å². The molecule has 0 bridgehead atoms. The van der Waals surface area contributed by atoms with Crippen molar-refractivity contribution in [3.63, 3.8) is 0 Å². The lowest BCUT2D eigenvalue weighted by atomic mass is 10.0. The first-order valence-corrected chi connectivity index (χ1v) is 12.1. The van der Waals surface area contributed by atoms with Crippen LogP contribution in [0.2, 0.25) is 0 Å². The molecule has 0 atom stereocenters. The fraction of sp³-hybridized carbons (Fsp3) is 0.222. The molecule has 0 spiro atoms. The minimum Gasteiger partial charge on any atom is -0.336 e. The quantitative estimate of drug-likeness (QED) is 0.265. The van der Waals surface area contributed by atoms with Crippen LogP contribution in [0.3, 0.4) is 0 Å². The second kappa shape index (κ2) is 10.7. The van der Waals surface area contributed by atoms with Crippen LogP contribution in [0.25, 0.3) is 11.2 Å². The molecular formula is C27H21F4N7O2. The van der Waals surface area contributed by atoms with Gasteiger partial charge in [0.1, 0.15) is 5.69 Å². The second-order valence-corrected chi connectivity index (χ2v) is 9.00. The number of hydrogen-bond acceptors (Lipinski definition) is 6. The number of aromatic amines is 1. The Morgan fingerprint density at radius 2 is 1.85 bits per heavy atom. The van der Waals surface area contributed by atoms with Crippen LogP contribution in [-0.4, -0.2) is 63.1 Å². The van der Waals surface area contributed by atoms with E-state index in [-0.39, 0.29) is 28.1 Å². The van der Waals surface area contributed by atoms with Gasteiger partial charge in [-0.2, -0.15) is 22.7 Å². The molecule has 2 aromatic carbocycles. The lowest BCUT2D eigenvalue weighted by Crippen LogP contribution is -2.46. The zero-order valence-electron chi connectivity index (χ0n) is 21.0. The number of nitrogens with one attached hydrogen (secondary N) is 3. The molecule has 0 radical (unpaired) electrons. The van der Waals surface area contributed by atoms with Crippen LogP contribution in [0.15, 0.2) is 42.6 Å². The SMILES string of the molecule is Cc1ccc(C(=O)Nc2ccc(C(=O)N3CCNCC3)c(C(F)(F)F)c2)cc1C#Cc1cnc2n[nH]c(F)c2n1. The van der Waals surface area contributed by atoms with Crippen molar-refractivity contribution in [3.05, 3.63) is 82.1 Å². The van der Waals surface area contributed by atoms with Gasteiger partial charge in [0, 0.05) is 43.0 Å². The van der Waals surface area contributed by atoms with Gasteiger partial charge in [0.05, 0.1) is 17.3 Å². The first-order chi connectivity index (χ1) is 19.1. The summed E-state index contributed by atoms with van der Waals surface area (Å²) in [6, 6.07) is 7.73. The largest absolute Gasteiger partial charge is 0.417 e. The fourth-order valence-corrected chi connectivity index (χ4v) is 4.14. The molecular weight excluding hydrogens is 530 g/mol. The number of amides is 2. The van der Waals surface area contributed by atoms with Crippen molar-refractivity contribution in [1.82, 2.24) is 30.4 Å². The number of H-pyrrole nitrogens is 1. The number of fused-ring (bicyclic) bond motifs is 1. The Balaban J connectivity index is 1.38. The summed E-state index contributed by atoms with van der Waals surface area (Å²) in [7, 11) is 0. The molecule has 13 heteroatoms. The first kappa shape index (κ1) is 26.8. The lowest BCUT2D eigenvalue weighted by molar-refractivity contribution is -0.138. The summed E-state index contributed by atoms with van der Waals surface area (Å²) in [6.45, 7) is 3.36. The summed E-state index contributed by atoms with van der Waals surface area (Å²) in [6.07, 6.45) is -3.48. The van der Waals surface area contributed by atoms with E-state index in [0.29, 0.717) is 31.7 Å². The van der Waals surface area contributed by atoms with Gasteiger partial charge in [0.2, 0.25) is 11.6 Å². The molecule has 1 saturated heterocycles.